The second kappa shape index (κ2) is 9.13. The number of halogens is 4. The Labute approximate surface area is 198 Å². The summed E-state index contributed by atoms with van der Waals surface area (Å²) in [6.07, 6.45) is -0.415. The molecule has 0 amide bonds. The molecule has 0 atom stereocenters. The quantitative estimate of drug-likeness (QED) is 0.367. The van der Waals surface area contributed by atoms with Gasteiger partial charge in [-0.05, 0) is 43.0 Å². The molecule has 9 heteroatoms. The standard InChI is InChI=1S/C26H22F4N4O/c27-21-7-3-1-5-18(21)16-34-24-22(31-11-12-32-24)15-19(25(34)35)17-9-13-33(14-10-17)23-8-4-2-6-20(23)26(28,29)30/h1-8,11-12,15,17H,9-10,13-14,16H2. The van der Waals surface area contributed by atoms with Gasteiger partial charge >= 0.3 is 6.18 Å². The molecule has 0 N–H and O–H groups in total. The van der Waals surface area contributed by atoms with E-state index in [0.717, 1.165) is 6.07 Å². The first-order valence-corrected chi connectivity index (χ1v) is 11.3. The third-order valence-corrected chi connectivity index (χ3v) is 6.52. The fraction of sp³-hybridized carbons (Fsp3) is 0.269. The lowest BCUT2D eigenvalue weighted by molar-refractivity contribution is -0.137. The van der Waals surface area contributed by atoms with Crippen LogP contribution in [-0.4, -0.2) is 27.6 Å². The van der Waals surface area contributed by atoms with Gasteiger partial charge in [0.25, 0.3) is 5.56 Å². The monoisotopic (exact) mass is 482 g/mol. The molecule has 35 heavy (non-hydrogen) atoms. The zero-order chi connectivity index (χ0) is 24.6. The Morgan fingerprint density at radius 3 is 2.37 bits per heavy atom. The van der Waals surface area contributed by atoms with Gasteiger partial charge in [0.1, 0.15) is 11.3 Å². The third-order valence-electron chi connectivity index (χ3n) is 6.52. The molecule has 2 aromatic carbocycles. The van der Waals surface area contributed by atoms with Crippen LogP contribution in [0.2, 0.25) is 0 Å². The Morgan fingerprint density at radius 1 is 0.943 bits per heavy atom. The van der Waals surface area contributed by atoms with Crippen LogP contribution in [0.15, 0.2) is 71.8 Å². The molecule has 2 aromatic heterocycles. The van der Waals surface area contributed by atoms with Crippen molar-refractivity contribution >= 4 is 16.9 Å². The number of pyridine rings is 1. The largest absolute Gasteiger partial charge is 0.418 e. The van der Waals surface area contributed by atoms with Crippen molar-refractivity contribution in [2.45, 2.75) is 31.5 Å². The highest BCUT2D eigenvalue weighted by atomic mass is 19.4. The Kier molecular flexibility index (Phi) is 6.00. The van der Waals surface area contributed by atoms with Gasteiger partial charge in [0.15, 0.2) is 5.65 Å². The van der Waals surface area contributed by atoms with Gasteiger partial charge in [-0.25, -0.2) is 9.37 Å². The van der Waals surface area contributed by atoms with Crippen LogP contribution in [-0.2, 0) is 12.7 Å². The van der Waals surface area contributed by atoms with Crippen molar-refractivity contribution in [1.29, 1.82) is 0 Å². The highest BCUT2D eigenvalue weighted by molar-refractivity contribution is 5.71. The van der Waals surface area contributed by atoms with Gasteiger partial charge in [-0.15, -0.1) is 0 Å². The minimum Gasteiger partial charge on any atom is -0.371 e. The van der Waals surface area contributed by atoms with Gasteiger partial charge in [0.2, 0.25) is 0 Å². The molecule has 4 aromatic rings. The molecule has 0 unspecified atom stereocenters. The van der Waals surface area contributed by atoms with E-state index in [4.69, 9.17) is 0 Å². The number of hydrogen-bond donors (Lipinski definition) is 0. The number of fused-ring (bicyclic) bond motifs is 1. The van der Waals surface area contributed by atoms with Gasteiger partial charge in [-0.1, -0.05) is 30.3 Å². The fourth-order valence-corrected chi connectivity index (χ4v) is 4.77. The first-order chi connectivity index (χ1) is 16.8. The van der Waals surface area contributed by atoms with E-state index < -0.39 is 17.6 Å². The predicted octanol–water partition coefficient (Wildman–Crippen LogP) is 5.38. The number of para-hydroxylation sites is 1. The van der Waals surface area contributed by atoms with Crippen molar-refractivity contribution in [3.05, 3.63) is 99.9 Å². The highest BCUT2D eigenvalue weighted by Gasteiger charge is 2.35. The molecule has 5 rings (SSSR count). The fourth-order valence-electron chi connectivity index (χ4n) is 4.77. The van der Waals surface area contributed by atoms with E-state index in [1.165, 1.54) is 35.2 Å². The summed E-state index contributed by atoms with van der Waals surface area (Å²) in [6, 6.07) is 13.5. The SMILES string of the molecule is O=c1c(C2CCN(c3ccccc3C(F)(F)F)CC2)cc2nccnc2n1Cc1ccccc1F. The van der Waals surface area contributed by atoms with Crippen LogP contribution in [0.3, 0.4) is 0 Å². The zero-order valence-electron chi connectivity index (χ0n) is 18.7. The number of benzene rings is 2. The molecule has 0 aliphatic carbocycles. The van der Waals surface area contributed by atoms with Gasteiger partial charge < -0.3 is 4.90 Å². The Hall–Kier alpha value is -3.75. The lowest BCUT2D eigenvalue weighted by atomic mass is 9.89. The molecule has 3 heterocycles. The lowest BCUT2D eigenvalue weighted by Crippen LogP contribution is -2.36. The Bertz CT molecular complexity index is 1430. The zero-order valence-corrected chi connectivity index (χ0v) is 18.7. The van der Waals surface area contributed by atoms with Crippen molar-refractivity contribution in [3.63, 3.8) is 0 Å². The summed E-state index contributed by atoms with van der Waals surface area (Å²) >= 11 is 0. The van der Waals surface area contributed by atoms with Gasteiger partial charge in [0, 0.05) is 42.3 Å². The van der Waals surface area contributed by atoms with E-state index in [1.54, 1.807) is 35.2 Å². The van der Waals surface area contributed by atoms with Crippen LogP contribution >= 0.6 is 0 Å². The summed E-state index contributed by atoms with van der Waals surface area (Å²) in [6.45, 7) is 0.762. The van der Waals surface area contributed by atoms with Crippen molar-refractivity contribution < 1.29 is 17.6 Å². The first kappa shape index (κ1) is 23.0. The second-order valence-electron chi connectivity index (χ2n) is 8.62. The Balaban J connectivity index is 1.47. The number of hydrogen-bond acceptors (Lipinski definition) is 4. The van der Waals surface area contributed by atoms with E-state index in [0.29, 0.717) is 48.2 Å². The summed E-state index contributed by atoms with van der Waals surface area (Å²) in [5, 5.41) is 0. The number of piperidine rings is 1. The first-order valence-electron chi connectivity index (χ1n) is 11.3. The topological polar surface area (TPSA) is 51.0 Å². The summed E-state index contributed by atoms with van der Waals surface area (Å²) < 4.78 is 56.2. The van der Waals surface area contributed by atoms with E-state index in [9.17, 15) is 22.4 Å². The summed E-state index contributed by atoms with van der Waals surface area (Å²) in [5.74, 6) is -0.575. The third kappa shape index (κ3) is 4.50. The number of rotatable bonds is 4. The number of anilines is 1. The molecule has 0 saturated carbocycles. The second-order valence-corrected chi connectivity index (χ2v) is 8.62. The van der Waals surface area contributed by atoms with E-state index >= 15 is 0 Å². The van der Waals surface area contributed by atoms with Crippen molar-refractivity contribution in [2.75, 3.05) is 18.0 Å². The summed E-state index contributed by atoms with van der Waals surface area (Å²) in [7, 11) is 0. The van der Waals surface area contributed by atoms with Crippen LogP contribution < -0.4 is 10.5 Å². The van der Waals surface area contributed by atoms with E-state index in [-0.39, 0.29) is 23.7 Å². The normalized spacial score (nSPS) is 15.0. The smallest absolute Gasteiger partial charge is 0.371 e. The van der Waals surface area contributed by atoms with E-state index in [2.05, 4.69) is 9.97 Å². The molecule has 5 nitrogen and oxygen atoms in total. The number of aromatic nitrogens is 3. The van der Waals surface area contributed by atoms with Crippen LogP contribution in [0.5, 0.6) is 0 Å². The average Bonchev–Trinajstić information content (AvgIpc) is 2.86. The molecule has 0 spiro atoms. The molecule has 1 aliphatic heterocycles. The molecule has 1 fully saturated rings. The number of nitrogens with zero attached hydrogens (tertiary/aromatic N) is 4. The van der Waals surface area contributed by atoms with Crippen molar-refractivity contribution in [3.8, 4) is 0 Å². The van der Waals surface area contributed by atoms with Gasteiger partial charge in [-0.3, -0.25) is 14.3 Å². The molecular formula is C26H22F4N4O. The molecule has 180 valence electrons. The van der Waals surface area contributed by atoms with Gasteiger partial charge in [0.05, 0.1) is 12.1 Å². The Morgan fingerprint density at radius 2 is 1.63 bits per heavy atom. The maximum Gasteiger partial charge on any atom is 0.418 e. The van der Waals surface area contributed by atoms with Crippen LogP contribution in [0.4, 0.5) is 23.2 Å². The molecule has 0 bridgehead atoms. The van der Waals surface area contributed by atoms with Crippen LogP contribution in [0.1, 0.15) is 35.4 Å². The van der Waals surface area contributed by atoms with Gasteiger partial charge in [-0.2, -0.15) is 13.2 Å². The van der Waals surface area contributed by atoms with Crippen LogP contribution in [0.25, 0.3) is 11.2 Å². The van der Waals surface area contributed by atoms with E-state index in [1.807, 2.05) is 0 Å². The van der Waals surface area contributed by atoms with Crippen LogP contribution in [0, 0.1) is 5.82 Å². The van der Waals surface area contributed by atoms with Crippen molar-refractivity contribution in [2.24, 2.45) is 0 Å². The maximum absolute atomic E-state index is 14.3. The lowest BCUT2D eigenvalue weighted by Gasteiger charge is -2.35. The predicted molar refractivity (Wildman–Crippen MR) is 125 cm³/mol. The maximum atomic E-state index is 14.3. The molecule has 1 aliphatic rings. The minimum atomic E-state index is -4.44. The summed E-state index contributed by atoms with van der Waals surface area (Å²) in [4.78, 5) is 23.9. The van der Waals surface area contributed by atoms with Crippen molar-refractivity contribution in [1.82, 2.24) is 14.5 Å². The molecule has 1 saturated heterocycles. The molecule has 0 radical (unpaired) electrons. The average molecular weight is 482 g/mol. The number of alkyl halides is 3. The highest BCUT2D eigenvalue weighted by Crippen LogP contribution is 2.38. The minimum absolute atomic E-state index is 0.00629. The molecular weight excluding hydrogens is 460 g/mol. The summed E-state index contributed by atoms with van der Waals surface area (Å²) in [5.41, 5.74) is 0.974.